The van der Waals surface area contributed by atoms with Gasteiger partial charge in [0.2, 0.25) is 0 Å². The van der Waals surface area contributed by atoms with Crippen LogP contribution in [0.4, 0.5) is 4.79 Å². The number of carbonyl (C=O) groups excluding carboxylic acids is 1. The van der Waals surface area contributed by atoms with Gasteiger partial charge in [0.05, 0.1) is 0 Å². The van der Waals surface area contributed by atoms with E-state index in [0.29, 0.717) is 12.5 Å². The zero-order chi connectivity index (χ0) is 14.8. The Bertz CT molecular complexity index is 375. The summed E-state index contributed by atoms with van der Waals surface area (Å²) in [4.78, 5) is 26.9. The van der Waals surface area contributed by atoms with Crippen molar-refractivity contribution in [2.75, 3.05) is 26.2 Å². The van der Waals surface area contributed by atoms with Crippen LogP contribution in [0.25, 0.3) is 0 Å². The minimum absolute atomic E-state index is 0.0805. The van der Waals surface area contributed by atoms with Crippen molar-refractivity contribution in [1.29, 1.82) is 0 Å². The summed E-state index contributed by atoms with van der Waals surface area (Å²) in [6, 6.07) is -0.0805. The Hall–Kier alpha value is -1.26. The quantitative estimate of drug-likeness (QED) is 0.814. The highest BCUT2D eigenvalue weighted by molar-refractivity contribution is 5.80. The molecule has 114 valence electrons. The Kier molecular flexibility index (Phi) is 4.55. The maximum atomic E-state index is 12.6. The van der Waals surface area contributed by atoms with Crippen molar-refractivity contribution >= 4 is 12.0 Å². The van der Waals surface area contributed by atoms with Crippen LogP contribution < -0.4 is 0 Å². The van der Waals surface area contributed by atoms with E-state index in [1.807, 2.05) is 4.90 Å². The molecule has 0 aromatic carbocycles. The molecule has 1 saturated heterocycles. The molecule has 1 N–H and O–H groups in total. The molecule has 0 unspecified atom stereocenters. The van der Waals surface area contributed by atoms with E-state index in [1.165, 1.54) is 4.90 Å². The first-order valence-electron chi connectivity index (χ1n) is 7.75. The Morgan fingerprint density at radius 1 is 1.30 bits per heavy atom. The average molecular weight is 282 g/mol. The van der Waals surface area contributed by atoms with Crippen molar-refractivity contribution in [1.82, 2.24) is 9.80 Å². The van der Waals surface area contributed by atoms with E-state index in [2.05, 4.69) is 13.8 Å². The zero-order valence-corrected chi connectivity index (χ0v) is 12.6. The van der Waals surface area contributed by atoms with Crippen LogP contribution in [-0.2, 0) is 4.79 Å². The zero-order valence-electron chi connectivity index (χ0n) is 12.6. The molecule has 1 aliphatic heterocycles. The molecule has 1 aliphatic carbocycles. The van der Waals surface area contributed by atoms with Crippen LogP contribution in [-0.4, -0.2) is 53.1 Å². The molecule has 1 heterocycles. The number of carboxylic acids is 1. The monoisotopic (exact) mass is 282 g/mol. The van der Waals surface area contributed by atoms with Crippen LogP contribution in [0.1, 0.15) is 46.0 Å². The van der Waals surface area contributed by atoms with Crippen molar-refractivity contribution in [2.24, 2.45) is 11.3 Å². The van der Waals surface area contributed by atoms with Gasteiger partial charge in [-0.1, -0.05) is 13.8 Å². The molecule has 0 bridgehead atoms. The fraction of sp³-hybridized carbons (Fsp3) is 0.867. The lowest BCUT2D eigenvalue weighted by Crippen LogP contribution is -2.46. The van der Waals surface area contributed by atoms with Gasteiger partial charge in [-0.15, -0.1) is 0 Å². The number of urea groups is 1. The molecule has 0 aromatic rings. The SMILES string of the molecule is CCC1(CC)CCN(C(=O)N(CC(=O)O)CC2CC2)C1. The molecule has 5 nitrogen and oxygen atoms in total. The number of amides is 2. The van der Waals surface area contributed by atoms with Gasteiger partial charge in [0.25, 0.3) is 0 Å². The molecule has 0 radical (unpaired) electrons. The standard InChI is InChI=1S/C15H26N2O3/c1-3-15(4-2)7-8-16(11-15)14(20)17(10-13(18)19)9-12-5-6-12/h12H,3-11H2,1-2H3,(H,18,19). The van der Waals surface area contributed by atoms with Gasteiger partial charge in [0.15, 0.2) is 0 Å². The molecule has 2 amide bonds. The van der Waals surface area contributed by atoms with Crippen molar-refractivity contribution in [3.8, 4) is 0 Å². The fourth-order valence-electron chi connectivity index (χ4n) is 3.11. The lowest BCUT2D eigenvalue weighted by molar-refractivity contribution is -0.137. The molecule has 20 heavy (non-hydrogen) atoms. The van der Waals surface area contributed by atoms with Crippen LogP contribution in [0.2, 0.25) is 0 Å². The summed E-state index contributed by atoms with van der Waals surface area (Å²) in [5.74, 6) is -0.404. The third-order valence-electron chi connectivity index (χ3n) is 4.98. The van der Waals surface area contributed by atoms with Gasteiger partial charge >= 0.3 is 12.0 Å². The van der Waals surface area contributed by atoms with E-state index < -0.39 is 5.97 Å². The Morgan fingerprint density at radius 3 is 2.40 bits per heavy atom. The van der Waals surface area contributed by atoms with E-state index in [4.69, 9.17) is 5.11 Å². The number of hydrogen-bond acceptors (Lipinski definition) is 2. The number of likely N-dealkylation sites (tertiary alicyclic amines) is 1. The molecular weight excluding hydrogens is 256 g/mol. The highest BCUT2D eigenvalue weighted by atomic mass is 16.4. The summed E-state index contributed by atoms with van der Waals surface area (Å²) in [5.41, 5.74) is 0.240. The topological polar surface area (TPSA) is 60.9 Å². The number of rotatable bonds is 6. The van der Waals surface area contributed by atoms with E-state index in [0.717, 1.165) is 45.2 Å². The average Bonchev–Trinajstić information content (AvgIpc) is 3.13. The van der Waals surface area contributed by atoms with E-state index in [9.17, 15) is 9.59 Å². The number of hydrogen-bond donors (Lipinski definition) is 1. The molecule has 0 spiro atoms. The van der Waals surface area contributed by atoms with Gasteiger partial charge < -0.3 is 14.9 Å². The third-order valence-corrected chi connectivity index (χ3v) is 4.98. The maximum Gasteiger partial charge on any atom is 0.323 e. The van der Waals surface area contributed by atoms with E-state index in [-0.39, 0.29) is 18.0 Å². The summed E-state index contributed by atoms with van der Waals surface area (Å²) in [6.45, 7) is 6.33. The molecular formula is C15H26N2O3. The van der Waals surface area contributed by atoms with Crippen LogP contribution in [0.15, 0.2) is 0 Å². The maximum absolute atomic E-state index is 12.6. The molecule has 5 heteroatoms. The summed E-state index contributed by atoms with van der Waals surface area (Å²) < 4.78 is 0. The molecule has 1 saturated carbocycles. The van der Waals surface area contributed by atoms with Crippen LogP contribution >= 0.6 is 0 Å². The molecule has 2 fully saturated rings. The summed E-state index contributed by atoms with van der Waals surface area (Å²) in [5, 5.41) is 8.99. The Labute approximate surface area is 120 Å². The lowest BCUT2D eigenvalue weighted by Gasteiger charge is -2.30. The molecule has 0 atom stereocenters. The minimum atomic E-state index is -0.921. The van der Waals surface area contributed by atoms with Crippen LogP contribution in [0, 0.1) is 11.3 Å². The van der Waals surface area contributed by atoms with Gasteiger partial charge in [-0.3, -0.25) is 4.79 Å². The van der Waals surface area contributed by atoms with Gasteiger partial charge in [-0.05, 0) is 43.4 Å². The highest BCUT2D eigenvalue weighted by Gasteiger charge is 2.39. The van der Waals surface area contributed by atoms with Crippen molar-refractivity contribution in [2.45, 2.75) is 46.0 Å². The minimum Gasteiger partial charge on any atom is -0.480 e. The second kappa shape index (κ2) is 6.02. The second-order valence-electron chi connectivity index (χ2n) is 6.38. The normalized spacial score (nSPS) is 21.0. The van der Waals surface area contributed by atoms with E-state index in [1.54, 1.807) is 0 Å². The third kappa shape index (κ3) is 3.44. The largest absolute Gasteiger partial charge is 0.480 e. The fourth-order valence-corrected chi connectivity index (χ4v) is 3.11. The first-order chi connectivity index (χ1) is 9.49. The summed E-state index contributed by atoms with van der Waals surface area (Å²) in [6.07, 6.45) is 5.44. The van der Waals surface area contributed by atoms with Gasteiger partial charge in [0.1, 0.15) is 6.54 Å². The van der Waals surface area contributed by atoms with Crippen LogP contribution in [0.5, 0.6) is 0 Å². The van der Waals surface area contributed by atoms with E-state index >= 15 is 0 Å². The van der Waals surface area contributed by atoms with Gasteiger partial charge in [-0.25, -0.2) is 4.79 Å². The van der Waals surface area contributed by atoms with Crippen LogP contribution in [0.3, 0.4) is 0 Å². The van der Waals surface area contributed by atoms with Gasteiger partial charge in [0, 0.05) is 19.6 Å². The first kappa shape index (κ1) is 15.1. The number of carboxylic acid groups (broad SMARTS) is 1. The predicted octanol–water partition coefficient (Wildman–Crippen LogP) is 2.42. The summed E-state index contributed by atoms with van der Waals surface area (Å²) >= 11 is 0. The first-order valence-corrected chi connectivity index (χ1v) is 7.75. The molecule has 2 aliphatic rings. The second-order valence-corrected chi connectivity index (χ2v) is 6.38. The van der Waals surface area contributed by atoms with Gasteiger partial charge in [-0.2, -0.15) is 0 Å². The number of nitrogens with zero attached hydrogens (tertiary/aromatic N) is 2. The summed E-state index contributed by atoms with van der Waals surface area (Å²) in [7, 11) is 0. The van der Waals surface area contributed by atoms with Crippen molar-refractivity contribution in [3.05, 3.63) is 0 Å². The Balaban J connectivity index is 1.98. The number of carbonyl (C=O) groups is 2. The van der Waals surface area contributed by atoms with Crippen molar-refractivity contribution in [3.63, 3.8) is 0 Å². The highest BCUT2D eigenvalue weighted by Crippen LogP contribution is 2.37. The predicted molar refractivity (Wildman–Crippen MR) is 76.5 cm³/mol. The molecule has 0 aromatic heterocycles. The number of aliphatic carboxylic acids is 1. The van der Waals surface area contributed by atoms with Crippen molar-refractivity contribution < 1.29 is 14.7 Å². The Morgan fingerprint density at radius 2 is 1.95 bits per heavy atom. The molecule has 2 rings (SSSR count). The smallest absolute Gasteiger partial charge is 0.323 e. The lowest BCUT2D eigenvalue weighted by atomic mass is 9.82.